The summed E-state index contributed by atoms with van der Waals surface area (Å²) in [7, 11) is 0. The van der Waals surface area contributed by atoms with Crippen LogP contribution in [0.4, 0.5) is 0 Å². The van der Waals surface area contributed by atoms with Gasteiger partial charge in [0.25, 0.3) is 17.7 Å². The van der Waals surface area contributed by atoms with Crippen molar-refractivity contribution in [3.63, 3.8) is 0 Å². The van der Waals surface area contributed by atoms with Crippen molar-refractivity contribution in [3.8, 4) is 5.75 Å². The minimum atomic E-state index is -0.905. The van der Waals surface area contributed by atoms with E-state index in [1.54, 1.807) is 12.1 Å². The molecule has 2 aromatic rings. The fraction of sp³-hybridized carbons (Fsp3) is 0.200. The molecule has 3 amide bonds. The number of amides is 3. The maximum atomic E-state index is 12.3. The van der Waals surface area contributed by atoms with E-state index in [2.05, 4.69) is 5.32 Å². The first-order valence-corrected chi connectivity index (χ1v) is 9.58. The predicted molar refractivity (Wildman–Crippen MR) is 108 cm³/mol. The number of nitrogens with one attached hydrogen (secondary N) is 1. The van der Waals surface area contributed by atoms with E-state index in [-0.39, 0.29) is 34.3 Å². The summed E-state index contributed by atoms with van der Waals surface area (Å²) in [6.45, 7) is -0.730. The number of para-hydroxylation sites is 1. The monoisotopic (exact) mass is 450 g/mol. The standard InChI is InChI=1S/C20H16Cl2N2O6/c21-15-8-13-14(9-16(15)22)20(28)24(19(13)27)10-18(26)30-11-17(25)23-6-7-29-12-4-2-1-3-5-12/h1-5,8-9H,6-7,10-11H2,(H,23,25). The number of rotatable bonds is 8. The van der Waals surface area contributed by atoms with Gasteiger partial charge in [-0.25, -0.2) is 0 Å². The van der Waals surface area contributed by atoms with Crippen molar-refractivity contribution in [1.29, 1.82) is 0 Å². The van der Waals surface area contributed by atoms with Gasteiger partial charge in [-0.15, -0.1) is 0 Å². The van der Waals surface area contributed by atoms with Crippen LogP contribution in [-0.4, -0.2) is 54.9 Å². The topological polar surface area (TPSA) is 102 Å². The van der Waals surface area contributed by atoms with Crippen LogP contribution in [0.2, 0.25) is 10.0 Å². The van der Waals surface area contributed by atoms with Crippen molar-refractivity contribution in [2.75, 3.05) is 26.3 Å². The Morgan fingerprint density at radius 1 is 0.967 bits per heavy atom. The van der Waals surface area contributed by atoms with Crippen molar-refractivity contribution >= 4 is 46.9 Å². The number of nitrogens with zero attached hydrogens (tertiary/aromatic N) is 1. The van der Waals surface area contributed by atoms with Crippen LogP contribution in [-0.2, 0) is 14.3 Å². The molecule has 1 heterocycles. The van der Waals surface area contributed by atoms with E-state index in [1.165, 1.54) is 12.1 Å². The molecule has 0 unspecified atom stereocenters. The van der Waals surface area contributed by atoms with Crippen LogP contribution in [0.5, 0.6) is 5.75 Å². The molecule has 0 spiro atoms. The van der Waals surface area contributed by atoms with Gasteiger partial charge in [0.2, 0.25) is 0 Å². The molecule has 156 valence electrons. The summed E-state index contributed by atoms with van der Waals surface area (Å²) in [6, 6.07) is 11.6. The Bertz CT molecular complexity index is 955. The Balaban J connectivity index is 1.42. The van der Waals surface area contributed by atoms with Gasteiger partial charge >= 0.3 is 5.97 Å². The molecule has 3 rings (SSSR count). The van der Waals surface area contributed by atoms with E-state index in [0.717, 1.165) is 0 Å². The zero-order valence-electron chi connectivity index (χ0n) is 15.5. The van der Waals surface area contributed by atoms with Crippen LogP contribution in [0.15, 0.2) is 42.5 Å². The number of benzene rings is 2. The quantitative estimate of drug-likeness (QED) is 0.376. The molecule has 0 saturated carbocycles. The molecule has 0 radical (unpaired) electrons. The smallest absolute Gasteiger partial charge is 0.326 e. The summed E-state index contributed by atoms with van der Waals surface area (Å²) in [5.74, 6) is -2.15. The predicted octanol–water partition coefficient (Wildman–Crippen LogP) is 2.33. The van der Waals surface area contributed by atoms with Crippen LogP contribution >= 0.6 is 23.2 Å². The number of carbonyl (C=O) groups is 4. The van der Waals surface area contributed by atoms with Crippen LogP contribution in [0.3, 0.4) is 0 Å². The zero-order valence-corrected chi connectivity index (χ0v) is 17.0. The molecule has 0 aromatic heterocycles. The van der Waals surface area contributed by atoms with Crippen LogP contribution in [0.1, 0.15) is 20.7 Å². The molecule has 0 bridgehead atoms. The number of imide groups is 1. The van der Waals surface area contributed by atoms with Gasteiger partial charge in [0.1, 0.15) is 18.9 Å². The van der Waals surface area contributed by atoms with Crippen molar-refractivity contribution in [1.82, 2.24) is 10.2 Å². The number of hydrogen-bond donors (Lipinski definition) is 1. The summed E-state index contributed by atoms with van der Waals surface area (Å²) < 4.78 is 10.3. The second-order valence-electron chi connectivity index (χ2n) is 6.18. The third-order valence-electron chi connectivity index (χ3n) is 4.10. The van der Waals surface area contributed by atoms with Gasteiger partial charge in [0.15, 0.2) is 6.61 Å². The average molecular weight is 451 g/mol. The molecule has 0 fully saturated rings. The number of ether oxygens (including phenoxy) is 2. The summed E-state index contributed by atoms with van der Waals surface area (Å²) in [5.41, 5.74) is 0.108. The molecule has 2 aromatic carbocycles. The highest BCUT2D eigenvalue weighted by Gasteiger charge is 2.37. The largest absolute Gasteiger partial charge is 0.492 e. The van der Waals surface area contributed by atoms with E-state index in [1.807, 2.05) is 18.2 Å². The first kappa shape index (κ1) is 21.6. The third kappa shape index (κ3) is 5.08. The first-order valence-electron chi connectivity index (χ1n) is 8.82. The summed E-state index contributed by atoms with van der Waals surface area (Å²) in [6.07, 6.45) is 0. The summed E-state index contributed by atoms with van der Waals surface area (Å²) in [4.78, 5) is 49.1. The molecule has 1 aliphatic heterocycles. The van der Waals surface area contributed by atoms with Gasteiger partial charge in [-0.05, 0) is 24.3 Å². The molecule has 30 heavy (non-hydrogen) atoms. The second-order valence-corrected chi connectivity index (χ2v) is 6.99. The fourth-order valence-corrected chi connectivity index (χ4v) is 3.00. The van der Waals surface area contributed by atoms with Gasteiger partial charge in [0, 0.05) is 0 Å². The van der Waals surface area contributed by atoms with E-state index >= 15 is 0 Å². The van der Waals surface area contributed by atoms with Gasteiger partial charge < -0.3 is 14.8 Å². The van der Waals surface area contributed by atoms with Crippen LogP contribution in [0.25, 0.3) is 0 Å². The summed E-state index contributed by atoms with van der Waals surface area (Å²) >= 11 is 11.7. The third-order valence-corrected chi connectivity index (χ3v) is 4.82. The van der Waals surface area contributed by atoms with Crippen LogP contribution in [0, 0.1) is 0 Å². The SMILES string of the molecule is O=C(COC(=O)CN1C(=O)c2cc(Cl)c(Cl)cc2C1=O)NCCOc1ccccc1. The lowest BCUT2D eigenvalue weighted by atomic mass is 10.1. The van der Waals surface area contributed by atoms with E-state index in [9.17, 15) is 19.2 Å². The molecule has 8 nitrogen and oxygen atoms in total. The van der Waals surface area contributed by atoms with Crippen molar-refractivity contribution in [3.05, 3.63) is 63.6 Å². The van der Waals surface area contributed by atoms with Crippen molar-refractivity contribution < 1.29 is 28.7 Å². The number of halogens is 2. The highest BCUT2D eigenvalue weighted by molar-refractivity contribution is 6.43. The Labute approximate surface area is 181 Å². The highest BCUT2D eigenvalue weighted by Crippen LogP contribution is 2.31. The Morgan fingerprint density at radius 2 is 1.57 bits per heavy atom. The summed E-state index contributed by atoms with van der Waals surface area (Å²) in [5, 5.41) is 2.77. The zero-order chi connectivity index (χ0) is 21.7. The maximum Gasteiger partial charge on any atom is 0.326 e. The maximum absolute atomic E-state index is 12.3. The molecule has 1 N–H and O–H groups in total. The van der Waals surface area contributed by atoms with Crippen LogP contribution < -0.4 is 10.1 Å². The number of hydrogen-bond acceptors (Lipinski definition) is 6. The normalized spacial score (nSPS) is 12.5. The minimum absolute atomic E-state index is 0.0540. The van der Waals surface area contributed by atoms with Crippen molar-refractivity contribution in [2.24, 2.45) is 0 Å². The molecule has 10 heteroatoms. The number of fused-ring (bicyclic) bond motifs is 1. The molecule has 1 aliphatic rings. The number of carbonyl (C=O) groups excluding carboxylic acids is 4. The van der Waals surface area contributed by atoms with Gasteiger partial charge in [-0.2, -0.15) is 0 Å². The molecular formula is C20H16Cl2N2O6. The van der Waals surface area contributed by atoms with Gasteiger partial charge in [-0.1, -0.05) is 41.4 Å². The molecule has 0 aliphatic carbocycles. The first-order chi connectivity index (χ1) is 14.4. The fourth-order valence-electron chi connectivity index (χ4n) is 2.68. The van der Waals surface area contributed by atoms with Gasteiger partial charge in [0.05, 0.1) is 27.7 Å². The Kier molecular flexibility index (Phi) is 6.91. The molecule has 0 atom stereocenters. The highest BCUT2D eigenvalue weighted by atomic mass is 35.5. The Hall–Kier alpha value is -3.10. The van der Waals surface area contributed by atoms with E-state index in [0.29, 0.717) is 10.6 Å². The van der Waals surface area contributed by atoms with Crippen molar-refractivity contribution in [2.45, 2.75) is 0 Å². The lowest BCUT2D eigenvalue weighted by molar-refractivity contribution is -0.148. The van der Waals surface area contributed by atoms with E-state index in [4.69, 9.17) is 32.7 Å². The second kappa shape index (κ2) is 9.60. The minimum Gasteiger partial charge on any atom is -0.492 e. The van der Waals surface area contributed by atoms with Gasteiger partial charge in [-0.3, -0.25) is 24.1 Å². The van der Waals surface area contributed by atoms with E-state index < -0.39 is 36.8 Å². The average Bonchev–Trinajstić information content (AvgIpc) is 2.95. The molecule has 0 saturated heterocycles. The Morgan fingerprint density at radius 3 is 2.17 bits per heavy atom. The lowest BCUT2D eigenvalue weighted by Crippen LogP contribution is -2.37. The number of esters is 1. The lowest BCUT2D eigenvalue weighted by Gasteiger charge is -2.13. The molecular weight excluding hydrogens is 435 g/mol.